The summed E-state index contributed by atoms with van der Waals surface area (Å²) in [7, 11) is 0. The quantitative estimate of drug-likeness (QED) is 0.486. The Kier molecular flexibility index (Phi) is 3.78. The number of carbonyl (C=O) groups is 2. The molecular weight excluding hydrogens is 280 g/mol. The Labute approximate surface area is 111 Å². The molecule has 0 atom stereocenters. The summed E-state index contributed by atoms with van der Waals surface area (Å²) in [5.41, 5.74) is -2.12. The standard InChI is InChI=1S/C13H10F4O3/c14-4-1-5-20-10-3-2-7(13(15,16)17)11-8(18)6-9(19)12(10)11/h2-3H,1,4-6H2. The van der Waals surface area contributed by atoms with E-state index in [0.717, 1.165) is 6.07 Å². The number of Topliss-reactive ketones (excluding diaryl/α,β-unsaturated/α-hetero) is 2. The molecule has 1 aliphatic carbocycles. The summed E-state index contributed by atoms with van der Waals surface area (Å²) in [6.45, 7) is -0.717. The van der Waals surface area contributed by atoms with Crippen molar-refractivity contribution in [3.8, 4) is 5.75 Å². The average molecular weight is 290 g/mol. The highest BCUT2D eigenvalue weighted by molar-refractivity contribution is 6.26. The highest BCUT2D eigenvalue weighted by atomic mass is 19.4. The van der Waals surface area contributed by atoms with Crippen molar-refractivity contribution in [3.05, 3.63) is 28.8 Å². The van der Waals surface area contributed by atoms with Crippen LogP contribution >= 0.6 is 0 Å². The van der Waals surface area contributed by atoms with Crippen LogP contribution in [0.25, 0.3) is 0 Å². The molecule has 0 spiro atoms. The zero-order valence-corrected chi connectivity index (χ0v) is 10.2. The summed E-state index contributed by atoms with van der Waals surface area (Å²) < 4.78 is 55.6. The molecule has 0 unspecified atom stereocenters. The number of carbonyl (C=O) groups excluding carboxylic acids is 2. The third-order valence-corrected chi connectivity index (χ3v) is 2.89. The number of halogens is 4. The summed E-state index contributed by atoms with van der Waals surface area (Å²) in [6, 6.07) is 1.70. The Balaban J connectivity index is 2.49. The van der Waals surface area contributed by atoms with E-state index in [1.165, 1.54) is 0 Å². The predicted octanol–water partition coefficient (Wildman–Crippen LogP) is 3.21. The van der Waals surface area contributed by atoms with Gasteiger partial charge < -0.3 is 4.74 Å². The van der Waals surface area contributed by atoms with Crippen molar-refractivity contribution < 1.29 is 31.9 Å². The van der Waals surface area contributed by atoms with Crippen molar-refractivity contribution in [3.63, 3.8) is 0 Å². The van der Waals surface area contributed by atoms with Gasteiger partial charge in [0.2, 0.25) is 0 Å². The fraction of sp³-hybridized carbons (Fsp3) is 0.385. The van der Waals surface area contributed by atoms with Gasteiger partial charge in [0.05, 0.1) is 30.8 Å². The molecule has 3 nitrogen and oxygen atoms in total. The van der Waals surface area contributed by atoms with Gasteiger partial charge in [-0.05, 0) is 12.1 Å². The number of ether oxygens (including phenoxy) is 1. The highest BCUT2D eigenvalue weighted by Gasteiger charge is 2.42. The normalized spacial score (nSPS) is 14.6. The van der Waals surface area contributed by atoms with E-state index in [9.17, 15) is 27.2 Å². The Morgan fingerprint density at radius 1 is 1.10 bits per heavy atom. The van der Waals surface area contributed by atoms with Gasteiger partial charge in [-0.2, -0.15) is 13.2 Å². The maximum Gasteiger partial charge on any atom is 0.417 e. The number of hydrogen-bond donors (Lipinski definition) is 0. The van der Waals surface area contributed by atoms with Gasteiger partial charge in [0.25, 0.3) is 0 Å². The molecule has 0 amide bonds. The lowest BCUT2D eigenvalue weighted by atomic mass is 10.0. The van der Waals surface area contributed by atoms with Crippen LogP contribution in [0.5, 0.6) is 5.75 Å². The van der Waals surface area contributed by atoms with E-state index in [4.69, 9.17) is 4.74 Å². The first kappa shape index (κ1) is 14.5. The smallest absolute Gasteiger partial charge is 0.417 e. The number of ketones is 2. The van der Waals surface area contributed by atoms with Crippen LogP contribution in [0.1, 0.15) is 39.1 Å². The van der Waals surface area contributed by atoms with E-state index < -0.39 is 42.0 Å². The molecule has 0 N–H and O–H groups in total. The fourth-order valence-corrected chi connectivity index (χ4v) is 2.07. The van der Waals surface area contributed by atoms with Crippen LogP contribution in [0, 0.1) is 0 Å². The molecule has 0 saturated carbocycles. The van der Waals surface area contributed by atoms with E-state index in [-0.39, 0.29) is 24.3 Å². The van der Waals surface area contributed by atoms with E-state index in [1.54, 1.807) is 0 Å². The highest BCUT2D eigenvalue weighted by Crippen LogP contribution is 2.40. The Morgan fingerprint density at radius 2 is 1.75 bits per heavy atom. The van der Waals surface area contributed by atoms with Gasteiger partial charge in [0.15, 0.2) is 11.6 Å². The summed E-state index contributed by atoms with van der Waals surface area (Å²) in [6.07, 6.45) is -5.26. The second-order valence-electron chi connectivity index (χ2n) is 4.27. The van der Waals surface area contributed by atoms with Crippen LogP contribution in [0.4, 0.5) is 17.6 Å². The lowest BCUT2D eigenvalue weighted by Gasteiger charge is -2.14. The van der Waals surface area contributed by atoms with E-state index >= 15 is 0 Å². The number of alkyl halides is 4. The summed E-state index contributed by atoms with van der Waals surface area (Å²) in [4.78, 5) is 23.3. The molecule has 20 heavy (non-hydrogen) atoms. The molecule has 1 aliphatic rings. The van der Waals surface area contributed by atoms with Gasteiger partial charge in [-0.25, -0.2) is 0 Å². The molecule has 1 aromatic rings. The van der Waals surface area contributed by atoms with Crippen LogP contribution in [0.2, 0.25) is 0 Å². The van der Waals surface area contributed by atoms with Crippen LogP contribution in [0.3, 0.4) is 0 Å². The maximum atomic E-state index is 12.8. The molecule has 0 aliphatic heterocycles. The largest absolute Gasteiger partial charge is 0.493 e. The van der Waals surface area contributed by atoms with Crippen molar-refractivity contribution in [2.24, 2.45) is 0 Å². The Bertz CT molecular complexity index is 563. The van der Waals surface area contributed by atoms with Crippen molar-refractivity contribution in [2.75, 3.05) is 13.3 Å². The van der Waals surface area contributed by atoms with E-state index in [0.29, 0.717) is 6.07 Å². The summed E-state index contributed by atoms with van der Waals surface area (Å²) >= 11 is 0. The molecular formula is C13H10F4O3. The van der Waals surface area contributed by atoms with Crippen LogP contribution in [0.15, 0.2) is 12.1 Å². The molecule has 2 rings (SSSR count). The molecule has 0 fully saturated rings. The topological polar surface area (TPSA) is 43.4 Å². The number of fused-ring (bicyclic) bond motifs is 1. The van der Waals surface area contributed by atoms with Gasteiger partial charge in [0, 0.05) is 12.0 Å². The minimum atomic E-state index is -4.72. The molecule has 7 heteroatoms. The summed E-state index contributed by atoms with van der Waals surface area (Å²) in [5, 5.41) is 0. The second-order valence-corrected chi connectivity index (χ2v) is 4.27. The third kappa shape index (κ3) is 2.52. The minimum Gasteiger partial charge on any atom is -0.493 e. The van der Waals surface area contributed by atoms with Crippen molar-refractivity contribution >= 4 is 11.6 Å². The number of hydrogen-bond acceptors (Lipinski definition) is 3. The van der Waals surface area contributed by atoms with Gasteiger partial charge in [-0.1, -0.05) is 0 Å². The molecule has 0 aromatic heterocycles. The van der Waals surface area contributed by atoms with Crippen molar-refractivity contribution in [1.82, 2.24) is 0 Å². The first-order valence-electron chi connectivity index (χ1n) is 5.85. The molecule has 0 heterocycles. The van der Waals surface area contributed by atoms with E-state index in [1.807, 2.05) is 0 Å². The zero-order valence-electron chi connectivity index (χ0n) is 10.2. The van der Waals surface area contributed by atoms with Crippen molar-refractivity contribution in [2.45, 2.75) is 19.0 Å². The van der Waals surface area contributed by atoms with Crippen LogP contribution in [-0.2, 0) is 6.18 Å². The van der Waals surface area contributed by atoms with Crippen LogP contribution in [-0.4, -0.2) is 24.8 Å². The Hall–Kier alpha value is -1.92. The minimum absolute atomic E-state index is 0.0535. The average Bonchev–Trinajstić information content (AvgIpc) is 2.65. The molecule has 0 saturated heterocycles. The molecule has 108 valence electrons. The van der Waals surface area contributed by atoms with E-state index in [2.05, 4.69) is 0 Å². The monoisotopic (exact) mass is 290 g/mol. The van der Waals surface area contributed by atoms with Gasteiger partial charge in [0.1, 0.15) is 5.75 Å². The number of benzene rings is 1. The van der Waals surface area contributed by atoms with Crippen molar-refractivity contribution in [1.29, 1.82) is 0 Å². The number of rotatable bonds is 4. The first-order valence-corrected chi connectivity index (χ1v) is 5.85. The zero-order chi connectivity index (χ0) is 14.9. The predicted molar refractivity (Wildman–Crippen MR) is 60.8 cm³/mol. The maximum absolute atomic E-state index is 12.8. The molecule has 0 radical (unpaired) electrons. The Morgan fingerprint density at radius 3 is 2.35 bits per heavy atom. The lowest BCUT2D eigenvalue weighted by Crippen LogP contribution is -2.12. The molecule has 0 bridgehead atoms. The summed E-state index contributed by atoms with van der Waals surface area (Å²) in [5.74, 6) is -1.67. The fourth-order valence-electron chi connectivity index (χ4n) is 2.07. The van der Waals surface area contributed by atoms with Gasteiger partial charge in [-0.15, -0.1) is 0 Å². The lowest BCUT2D eigenvalue weighted by molar-refractivity contribution is -0.137. The third-order valence-electron chi connectivity index (χ3n) is 2.89. The van der Waals surface area contributed by atoms with Gasteiger partial charge >= 0.3 is 6.18 Å². The van der Waals surface area contributed by atoms with Crippen LogP contribution < -0.4 is 4.74 Å². The molecule has 1 aromatic carbocycles. The SMILES string of the molecule is O=C1CC(=O)c2c(C(F)(F)F)ccc(OCCCF)c21. The first-order chi connectivity index (χ1) is 9.36. The van der Waals surface area contributed by atoms with Gasteiger partial charge in [-0.3, -0.25) is 14.0 Å². The second kappa shape index (κ2) is 5.22.